The Kier molecular flexibility index (Phi) is 7.17. The fourth-order valence-corrected chi connectivity index (χ4v) is 4.41. The molecule has 1 aliphatic heterocycles. The van der Waals surface area contributed by atoms with E-state index in [0.29, 0.717) is 27.4 Å². The summed E-state index contributed by atoms with van der Waals surface area (Å²) in [6.07, 6.45) is 1.27. The molecule has 13 heteroatoms. The third kappa shape index (κ3) is 5.33. The van der Waals surface area contributed by atoms with Gasteiger partial charge in [-0.2, -0.15) is 4.98 Å². The van der Waals surface area contributed by atoms with Crippen molar-refractivity contribution in [3.8, 4) is 0 Å². The first-order valence-corrected chi connectivity index (χ1v) is 12.2. The van der Waals surface area contributed by atoms with E-state index in [4.69, 9.17) is 21.0 Å². The lowest BCUT2D eigenvalue weighted by Crippen LogP contribution is -2.47. The van der Waals surface area contributed by atoms with Gasteiger partial charge in [-0.1, -0.05) is 41.9 Å². The van der Waals surface area contributed by atoms with Crippen LogP contribution in [0.15, 0.2) is 87.5 Å². The zero-order chi connectivity index (χ0) is 28.4. The fraction of sp³-hybridized carbons (Fsp3) is 0.111. The molecule has 202 valence electrons. The van der Waals surface area contributed by atoms with Gasteiger partial charge < -0.3 is 25.3 Å². The number of carboxylic acid groups (broad SMARTS) is 2. The zero-order valence-corrected chi connectivity index (χ0v) is 21.6. The van der Waals surface area contributed by atoms with Crippen molar-refractivity contribution < 1.29 is 29.0 Å². The molecular formula is C27H21ClN6O6. The average molecular weight is 561 g/mol. The minimum absolute atomic E-state index is 0.0110. The second kappa shape index (κ2) is 10.9. The number of aliphatic carboxylic acids is 1. The van der Waals surface area contributed by atoms with Crippen LogP contribution >= 0.6 is 11.6 Å². The number of para-hydroxylation sites is 2. The number of carboxylic acids is 2. The van der Waals surface area contributed by atoms with E-state index in [-0.39, 0.29) is 28.9 Å². The van der Waals surface area contributed by atoms with Gasteiger partial charge in [-0.05, 0) is 37.3 Å². The number of pyridine rings is 1. The van der Waals surface area contributed by atoms with E-state index >= 15 is 0 Å². The first-order valence-electron chi connectivity index (χ1n) is 11.9. The van der Waals surface area contributed by atoms with Gasteiger partial charge in [0.2, 0.25) is 5.96 Å². The number of benzene rings is 2. The number of amides is 1. The largest absolute Gasteiger partial charge is 0.480 e. The Morgan fingerprint density at radius 3 is 2.58 bits per heavy atom. The number of halogens is 1. The molecule has 1 amide bonds. The van der Waals surface area contributed by atoms with Crippen molar-refractivity contribution in [1.29, 1.82) is 0 Å². The summed E-state index contributed by atoms with van der Waals surface area (Å²) in [5.41, 5.74) is 1.91. The third-order valence-corrected chi connectivity index (χ3v) is 6.33. The van der Waals surface area contributed by atoms with Gasteiger partial charge in [-0.15, -0.1) is 0 Å². The van der Waals surface area contributed by atoms with Gasteiger partial charge in [0, 0.05) is 22.5 Å². The molecule has 2 aromatic heterocycles. The van der Waals surface area contributed by atoms with Gasteiger partial charge in [-0.25, -0.2) is 14.8 Å². The van der Waals surface area contributed by atoms with Crippen molar-refractivity contribution in [1.82, 2.24) is 15.3 Å². The van der Waals surface area contributed by atoms with E-state index in [2.05, 4.69) is 20.6 Å². The Bertz CT molecular complexity index is 1680. The number of rotatable bonds is 7. The molecule has 0 spiro atoms. The monoisotopic (exact) mass is 560 g/mol. The highest BCUT2D eigenvalue weighted by molar-refractivity contribution is 6.31. The second-order valence-electron chi connectivity index (χ2n) is 8.67. The summed E-state index contributed by atoms with van der Waals surface area (Å²) in [7, 11) is 0. The number of hydrogen-bond acceptors (Lipinski definition) is 9. The van der Waals surface area contributed by atoms with Crippen LogP contribution in [0.2, 0.25) is 5.02 Å². The van der Waals surface area contributed by atoms with Crippen molar-refractivity contribution in [3.63, 3.8) is 0 Å². The van der Waals surface area contributed by atoms with Crippen molar-refractivity contribution >= 4 is 58.3 Å². The molecule has 0 saturated carbocycles. The molecular weight excluding hydrogens is 540 g/mol. The smallest absolute Gasteiger partial charge is 0.335 e. The van der Waals surface area contributed by atoms with Crippen LogP contribution < -0.4 is 15.5 Å². The number of guanidine groups is 1. The van der Waals surface area contributed by atoms with Gasteiger partial charge >= 0.3 is 18.0 Å². The molecule has 0 saturated heterocycles. The van der Waals surface area contributed by atoms with E-state index in [0.717, 1.165) is 0 Å². The fourth-order valence-electron chi connectivity index (χ4n) is 4.17. The summed E-state index contributed by atoms with van der Waals surface area (Å²) in [5, 5.41) is 24.9. The van der Waals surface area contributed by atoms with Gasteiger partial charge in [0.1, 0.15) is 23.9 Å². The molecule has 0 radical (unpaired) electrons. The minimum atomic E-state index is -1.17. The molecule has 40 heavy (non-hydrogen) atoms. The van der Waals surface area contributed by atoms with Gasteiger partial charge in [0.25, 0.3) is 5.91 Å². The maximum Gasteiger partial charge on any atom is 0.335 e. The van der Waals surface area contributed by atoms with Crippen LogP contribution in [0, 0.1) is 0 Å². The standard InChI is InChI=1S/C27H21ClN6O6/c1-14-22(24(37)32-20-12-15(25(38)39)10-11-29-20)23(16-6-2-3-7-17(16)28)33-26(30-14)34(13-21(35)36)27-31-18-8-4-5-9-19(18)40-27/h2-12,23H,13H2,1H3,(H,30,33)(H,35,36)(H,38,39)(H,29,32,37). The molecule has 0 aliphatic carbocycles. The van der Waals surface area contributed by atoms with Crippen LogP contribution in [0.5, 0.6) is 0 Å². The first kappa shape index (κ1) is 26.4. The van der Waals surface area contributed by atoms with Crippen molar-refractivity contribution in [2.75, 3.05) is 16.8 Å². The number of aliphatic imine (C=N–C) groups is 1. The van der Waals surface area contributed by atoms with E-state index in [1.807, 2.05) is 0 Å². The number of nitrogens with zero attached hydrogens (tertiary/aromatic N) is 4. The number of anilines is 2. The summed E-state index contributed by atoms with van der Waals surface area (Å²) in [6, 6.07) is 15.3. The van der Waals surface area contributed by atoms with Crippen LogP contribution in [0.4, 0.5) is 11.8 Å². The quantitative estimate of drug-likeness (QED) is 0.258. The number of aromatic nitrogens is 2. The molecule has 3 heterocycles. The SMILES string of the molecule is CC1=C(C(=O)Nc2cc(C(=O)O)ccn2)C(c2ccccc2Cl)N=C(N(CC(=O)O)c2nc3ccccc3o2)N1. The van der Waals surface area contributed by atoms with Gasteiger partial charge in [-0.3, -0.25) is 14.5 Å². The van der Waals surface area contributed by atoms with Crippen LogP contribution in [0.1, 0.15) is 28.9 Å². The van der Waals surface area contributed by atoms with E-state index in [1.54, 1.807) is 55.5 Å². The van der Waals surface area contributed by atoms with Crippen LogP contribution in [0.3, 0.4) is 0 Å². The molecule has 0 bridgehead atoms. The van der Waals surface area contributed by atoms with Gasteiger partial charge in [0.05, 0.1) is 11.1 Å². The molecule has 4 aromatic rings. The number of carbonyl (C=O) groups is 3. The number of fused-ring (bicyclic) bond motifs is 1. The normalized spacial score (nSPS) is 14.8. The van der Waals surface area contributed by atoms with Crippen molar-refractivity contribution in [2.24, 2.45) is 4.99 Å². The highest BCUT2D eigenvalue weighted by Gasteiger charge is 2.34. The van der Waals surface area contributed by atoms with Crippen molar-refractivity contribution in [3.05, 3.63) is 94.3 Å². The Balaban J connectivity index is 1.57. The highest BCUT2D eigenvalue weighted by Crippen LogP contribution is 2.36. The molecule has 12 nitrogen and oxygen atoms in total. The summed E-state index contributed by atoms with van der Waals surface area (Å²) in [4.78, 5) is 51.2. The summed E-state index contributed by atoms with van der Waals surface area (Å²) < 4.78 is 5.82. The molecule has 0 fully saturated rings. The number of carbonyl (C=O) groups excluding carboxylic acids is 1. The highest BCUT2D eigenvalue weighted by atomic mass is 35.5. The van der Waals surface area contributed by atoms with E-state index in [1.165, 1.54) is 23.2 Å². The van der Waals surface area contributed by atoms with Crippen LogP contribution in [-0.4, -0.2) is 50.5 Å². The summed E-state index contributed by atoms with van der Waals surface area (Å²) in [5.74, 6) is -2.86. The Morgan fingerprint density at radius 2 is 1.85 bits per heavy atom. The van der Waals surface area contributed by atoms with E-state index in [9.17, 15) is 24.6 Å². The molecule has 4 N–H and O–H groups in total. The molecule has 2 aromatic carbocycles. The van der Waals surface area contributed by atoms with Gasteiger partial charge in [0.15, 0.2) is 5.58 Å². The lowest BCUT2D eigenvalue weighted by molar-refractivity contribution is -0.135. The topological polar surface area (TPSA) is 170 Å². The van der Waals surface area contributed by atoms with Crippen LogP contribution in [0.25, 0.3) is 11.1 Å². The third-order valence-electron chi connectivity index (χ3n) is 5.98. The molecule has 1 aliphatic rings. The number of aromatic carboxylic acids is 1. The summed E-state index contributed by atoms with van der Waals surface area (Å²) in [6.45, 7) is 1.08. The number of nitrogens with one attached hydrogen (secondary N) is 2. The predicted octanol–water partition coefficient (Wildman–Crippen LogP) is 4.08. The van der Waals surface area contributed by atoms with E-state index < -0.39 is 30.4 Å². The predicted molar refractivity (Wildman–Crippen MR) is 146 cm³/mol. The van der Waals surface area contributed by atoms with Crippen LogP contribution in [-0.2, 0) is 9.59 Å². The summed E-state index contributed by atoms with van der Waals surface area (Å²) >= 11 is 6.51. The number of oxazole rings is 1. The maximum absolute atomic E-state index is 13.5. The van der Waals surface area contributed by atoms with Crippen molar-refractivity contribution in [2.45, 2.75) is 13.0 Å². The lowest BCUT2D eigenvalue weighted by Gasteiger charge is -2.30. The number of allylic oxidation sites excluding steroid dienone is 1. The molecule has 5 rings (SSSR count). The average Bonchev–Trinajstić information content (AvgIpc) is 3.35. The maximum atomic E-state index is 13.5. The molecule has 1 unspecified atom stereocenters. The Morgan fingerprint density at radius 1 is 1.10 bits per heavy atom. The molecule has 1 atom stereocenters. The number of hydrogen-bond donors (Lipinski definition) is 4. The second-order valence-corrected chi connectivity index (χ2v) is 9.08. The minimum Gasteiger partial charge on any atom is -0.480 e. The first-order chi connectivity index (χ1) is 19.2. The Hall–Kier alpha value is -5.23. The zero-order valence-electron chi connectivity index (χ0n) is 20.8. The lowest BCUT2D eigenvalue weighted by atomic mass is 9.95. The Labute approximate surface area is 231 Å².